The van der Waals surface area contributed by atoms with E-state index in [4.69, 9.17) is 5.73 Å². The molecule has 0 aliphatic carbocycles. The number of hydrogen-bond acceptors (Lipinski definition) is 5. The van der Waals surface area contributed by atoms with Crippen molar-refractivity contribution in [3.63, 3.8) is 0 Å². The summed E-state index contributed by atoms with van der Waals surface area (Å²) in [5.74, 6) is -0.764. The van der Waals surface area contributed by atoms with Crippen LogP contribution in [0.2, 0.25) is 0 Å². The van der Waals surface area contributed by atoms with Crippen molar-refractivity contribution in [2.75, 3.05) is 10.6 Å². The second kappa shape index (κ2) is 4.39. The first kappa shape index (κ1) is 13.8. The number of anilines is 2. The summed E-state index contributed by atoms with van der Waals surface area (Å²) in [6, 6.07) is 4.91. The summed E-state index contributed by atoms with van der Waals surface area (Å²) in [6.45, 7) is 6.10. The number of hydrogen-bond donors (Lipinski definition) is 1. The van der Waals surface area contributed by atoms with Gasteiger partial charge in [-0.3, -0.25) is 9.59 Å². The van der Waals surface area contributed by atoms with E-state index in [-0.39, 0.29) is 16.9 Å². The molecular weight excluding hydrogens is 286 g/mol. The first-order valence-corrected chi connectivity index (χ1v) is 7.42. The lowest BCUT2D eigenvalue weighted by Crippen LogP contribution is -2.29. The predicted octanol–water partition coefficient (Wildman–Crippen LogP) is 2.82. The Morgan fingerprint density at radius 3 is 2.48 bits per heavy atom. The molecule has 0 atom stereocenters. The van der Waals surface area contributed by atoms with Crippen LogP contribution in [-0.2, 0) is 5.41 Å². The lowest BCUT2D eigenvalue weighted by Gasteiger charge is -2.15. The molecule has 0 saturated carbocycles. The van der Waals surface area contributed by atoms with Crippen LogP contribution in [0.3, 0.4) is 0 Å². The third-order valence-corrected chi connectivity index (χ3v) is 4.22. The molecule has 2 aromatic rings. The van der Waals surface area contributed by atoms with Crippen molar-refractivity contribution in [3.05, 3.63) is 40.4 Å². The molecule has 3 rings (SSSR count). The number of aromatic nitrogens is 1. The van der Waals surface area contributed by atoms with Gasteiger partial charge >= 0.3 is 0 Å². The summed E-state index contributed by atoms with van der Waals surface area (Å²) in [5.41, 5.74) is 7.48. The van der Waals surface area contributed by atoms with Gasteiger partial charge in [-0.05, 0) is 12.1 Å². The van der Waals surface area contributed by atoms with Gasteiger partial charge in [0, 0.05) is 16.5 Å². The van der Waals surface area contributed by atoms with Gasteiger partial charge in [0.15, 0.2) is 5.13 Å². The Balaban J connectivity index is 2.06. The van der Waals surface area contributed by atoms with Crippen molar-refractivity contribution in [1.82, 2.24) is 4.98 Å². The number of rotatable bonds is 1. The number of carbonyl (C=O) groups excluding carboxylic acids is 2. The lowest BCUT2D eigenvalue weighted by molar-refractivity contribution is 0.0926. The molecule has 108 valence electrons. The molecule has 0 radical (unpaired) electrons. The van der Waals surface area contributed by atoms with E-state index in [9.17, 15) is 9.59 Å². The minimum absolute atomic E-state index is 0.132. The molecule has 2 N–H and O–H groups in total. The largest absolute Gasteiger partial charge is 0.398 e. The highest BCUT2D eigenvalue weighted by Crippen LogP contribution is 2.35. The number of imide groups is 1. The first-order chi connectivity index (χ1) is 9.80. The van der Waals surface area contributed by atoms with E-state index in [0.717, 1.165) is 10.6 Å². The van der Waals surface area contributed by atoms with Crippen LogP contribution in [0.5, 0.6) is 0 Å². The van der Waals surface area contributed by atoms with Crippen LogP contribution in [0.4, 0.5) is 10.8 Å². The van der Waals surface area contributed by atoms with E-state index in [1.807, 2.05) is 26.2 Å². The normalized spacial score (nSPS) is 14.7. The van der Waals surface area contributed by atoms with E-state index < -0.39 is 5.91 Å². The number of fused-ring (bicyclic) bond motifs is 1. The smallest absolute Gasteiger partial charge is 0.270 e. The molecule has 0 spiro atoms. The standard InChI is InChI=1S/C15H15N3O2S/c1-15(2,3)10-7-21-14(17-10)18-12(19)8-5-4-6-9(16)11(8)13(18)20/h4-7H,16H2,1-3H3. The van der Waals surface area contributed by atoms with Crippen molar-refractivity contribution in [3.8, 4) is 0 Å². The Labute approximate surface area is 126 Å². The van der Waals surface area contributed by atoms with E-state index in [0.29, 0.717) is 16.4 Å². The van der Waals surface area contributed by atoms with E-state index in [1.165, 1.54) is 11.3 Å². The van der Waals surface area contributed by atoms with E-state index >= 15 is 0 Å². The van der Waals surface area contributed by atoms with Crippen molar-refractivity contribution in [2.45, 2.75) is 26.2 Å². The summed E-state index contributed by atoms with van der Waals surface area (Å²) >= 11 is 1.29. The highest BCUT2D eigenvalue weighted by atomic mass is 32.1. The molecular formula is C15H15N3O2S. The summed E-state index contributed by atoms with van der Waals surface area (Å²) in [7, 11) is 0. The van der Waals surface area contributed by atoms with Gasteiger partial charge in [-0.2, -0.15) is 0 Å². The van der Waals surface area contributed by atoms with Gasteiger partial charge < -0.3 is 5.73 Å². The molecule has 1 aliphatic heterocycles. The van der Waals surface area contributed by atoms with Gasteiger partial charge in [-0.15, -0.1) is 11.3 Å². The molecule has 6 heteroatoms. The quantitative estimate of drug-likeness (QED) is 0.649. The molecule has 2 heterocycles. The van der Waals surface area contributed by atoms with Crippen LogP contribution in [0.15, 0.2) is 23.6 Å². The highest BCUT2D eigenvalue weighted by molar-refractivity contribution is 7.14. The molecule has 0 fully saturated rings. The lowest BCUT2D eigenvalue weighted by atomic mass is 9.93. The fourth-order valence-electron chi connectivity index (χ4n) is 2.20. The number of carbonyl (C=O) groups is 2. The average molecular weight is 301 g/mol. The molecule has 5 nitrogen and oxygen atoms in total. The Morgan fingerprint density at radius 1 is 1.19 bits per heavy atom. The monoisotopic (exact) mass is 301 g/mol. The zero-order valence-electron chi connectivity index (χ0n) is 12.0. The number of nitrogens with zero attached hydrogens (tertiary/aromatic N) is 2. The van der Waals surface area contributed by atoms with Crippen LogP contribution in [-0.4, -0.2) is 16.8 Å². The van der Waals surface area contributed by atoms with Crippen molar-refractivity contribution in [2.24, 2.45) is 0 Å². The number of amides is 2. The third kappa shape index (κ3) is 2.03. The topological polar surface area (TPSA) is 76.3 Å². The fourth-order valence-corrected chi connectivity index (χ4v) is 3.24. The van der Waals surface area contributed by atoms with Crippen LogP contribution in [0, 0.1) is 0 Å². The van der Waals surface area contributed by atoms with Gasteiger partial charge in [0.1, 0.15) is 0 Å². The fraction of sp³-hybridized carbons (Fsp3) is 0.267. The molecule has 21 heavy (non-hydrogen) atoms. The predicted molar refractivity (Wildman–Crippen MR) is 82.8 cm³/mol. The number of benzene rings is 1. The first-order valence-electron chi connectivity index (χ1n) is 6.54. The highest BCUT2D eigenvalue weighted by Gasteiger charge is 2.40. The second-order valence-electron chi connectivity index (χ2n) is 5.98. The number of thiazole rings is 1. The van der Waals surface area contributed by atoms with Gasteiger partial charge in [-0.1, -0.05) is 26.8 Å². The molecule has 0 bridgehead atoms. The van der Waals surface area contributed by atoms with Crippen LogP contribution in [0.25, 0.3) is 0 Å². The Hall–Kier alpha value is -2.21. The van der Waals surface area contributed by atoms with Crippen LogP contribution in [0.1, 0.15) is 47.2 Å². The molecule has 0 saturated heterocycles. The molecule has 2 amide bonds. The van der Waals surface area contributed by atoms with Crippen molar-refractivity contribution in [1.29, 1.82) is 0 Å². The maximum atomic E-state index is 12.5. The van der Waals surface area contributed by atoms with Crippen LogP contribution < -0.4 is 10.6 Å². The van der Waals surface area contributed by atoms with Crippen molar-refractivity contribution < 1.29 is 9.59 Å². The van der Waals surface area contributed by atoms with Crippen LogP contribution >= 0.6 is 11.3 Å². The number of nitrogen functional groups attached to an aromatic ring is 1. The molecule has 1 aromatic heterocycles. The summed E-state index contributed by atoms with van der Waals surface area (Å²) < 4.78 is 0. The van der Waals surface area contributed by atoms with E-state index in [2.05, 4.69) is 4.98 Å². The maximum Gasteiger partial charge on any atom is 0.270 e. The van der Waals surface area contributed by atoms with Crippen molar-refractivity contribution >= 4 is 34.0 Å². The van der Waals surface area contributed by atoms with Gasteiger partial charge in [-0.25, -0.2) is 9.88 Å². The zero-order chi connectivity index (χ0) is 15.4. The Kier molecular flexibility index (Phi) is 2.88. The van der Waals surface area contributed by atoms with Gasteiger partial charge in [0.25, 0.3) is 11.8 Å². The van der Waals surface area contributed by atoms with Gasteiger partial charge in [0.2, 0.25) is 0 Å². The van der Waals surface area contributed by atoms with Gasteiger partial charge in [0.05, 0.1) is 16.8 Å². The third-order valence-electron chi connectivity index (χ3n) is 3.40. The summed E-state index contributed by atoms with van der Waals surface area (Å²) in [4.78, 5) is 30.5. The molecule has 0 unspecified atom stereocenters. The summed E-state index contributed by atoms with van der Waals surface area (Å²) in [5, 5.41) is 2.27. The zero-order valence-corrected chi connectivity index (χ0v) is 12.8. The molecule has 1 aliphatic rings. The average Bonchev–Trinajstić information content (AvgIpc) is 2.95. The minimum atomic E-state index is -0.400. The Morgan fingerprint density at radius 2 is 1.90 bits per heavy atom. The SMILES string of the molecule is CC(C)(C)c1csc(N2C(=O)c3cccc(N)c3C2=O)n1. The minimum Gasteiger partial charge on any atom is -0.398 e. The number of nitrogens with two attached hydrogens (primary N) is 1. The second-order valence-corrected chi connectivity index (χ2v) is 6.82. The molecule has 1 aromatic carbocycles. The Bertz CT molecular complexity index is 759. The maximum absolute atomic E-state index is 12.5. The van der Waals surface area contributed by atoms with E-state index in [1.54, 1.807) is 18.2 Å². The summed E-state index contributed by atoms with van der Waals surface area (Å²) in [6.07, 6.45) is 0.